The molecule has 1 N–H and O–H groups in total. The molecule has 2 aromatic rings. The van der Waals surface area contributed by atoms with Crippen LogP contribution in [-0.2, 0) is 6.42 Å². The fourth-order valence-corrected chi connectivity index (χ4v) is 2.73. The molecule has 0 fully saturated rings. The number of anilines is 1. The van der Waals surface area contributed by atoms with Gasteiger partial charge in [-0.2, -0.15) is 0 Å². The van der Waals surface area contributed by atoms with Gasteiger partial charge in [0.15, 0.2) is 0 Å². The number of rotatable bonds is 5. The maximum absolute atomic E-state index is 10.9. The van der Waals surface area contributed by atoms with E-state index >= 15 is 0 Å². The Labute approximate surface area is 122 Å². The third-order valence-corrected chi connectivity index (χ3v) is 3.82. The standard InChI is InChI=1S/C10H8Cl2N4O2S/c11-7-2-1-6(19-7)3-4-13-10-8(16(17)18)9(12)14-5-15-10/h1-2,5H,3-4H2,(H,13,14,15). The van der Waals surface area contributed by atoms with Crippen molar-refractivity contribution in [2.24, 2.45) is 0 Å². The van der Waals surface area contributed by atoms with E-state index in [2.05, 4.69) is 15.3 Å². The number of nitro groups is 1. The Morgan fingerprint density at radius 2 is 2.16 bits per heavy atom. The molecule has 0 bridgehead atoms. The first-order valence-corrected chi connectivity index (χ1v) is 6.78. The number of halogens is 2. The monoisotopic (exact) mass is 318 g/mol. The fourth-order valence-electron chi connectivity index (χ4n) is 1.44. The molecule has 0 amide bonds. The van der Waals surface area contributed by atoms with Crippen LogP contribution in [0.5, 0.6) is 0 Å². The highest BCUT2D eigenvalue weighted by atomic mass is 35.5. The highest BCUT2D eigenvalue weighted by molar-refractivity contribution is 7.16. The van der Waals surface area contributed by atoms with Gasteiger partial charge in [0.05, 0.1) is 9.26 Å². The summed E-state index contributed by atoms with van der Waals surface area (Å²) in [6.07, 6.45) is 1.87. The van der Waals surface area contributed by atoms with Gasteiger partial charge in [0.25, 0.3) is 0 Å². The van der Waals surface area contributed by atoms with E-state index in [0.717, 1.165) is 4.88 Å². The molecule has 0 aromatic carbocycles. The topological polar surface area (TPSA) is 81.0 Å². The van der Waals surface area contributed by atoms with Crippen LogP contribution in [-0.4, -0.2) is 21.4 Å². The lowest BCUT2D eigenvalue weighted by atomic mass is 10.3. The van der Waals surface area contributed by atoms with Crippen LogP contribution in [0.4, 0.5) is 11.5 Å². The average molecular weight is 319 g/mol. The van der Waals surface area contributed by atoms with E-state index in [1.54, 1.807) is 0 Å². The van der Waals surface area contributed by atoms with Gasteiger partial charge < -0.3 is 5.32 Å². The molecule has 0 radical (unpaired) electrons. The summed E-state index contributed by atoms with van der Waals surface area (Å²) in [5.74, 6) is 0.118. The van der Waals surface area contributed by atoms with Crippen molar-refractivity contribution in [2.75, 3.05) is 11.9 Å². The molecule has 0 atom stereocenters. The van der Waals surface area contributed by atoms with Gasteiger partial charge in [-0.3, -0.25) is 10.1 Å². The number of nitrogens with one attached hydrogen (secondary N) is 1. The lowest BCUT2D eigenvalue weighted by molar-refractivity contribution is -0.384. The lowest BCUT2D eigenvalue weighted by Gasteiger charge is -2.05. The molecule has 0 spiro atoms. The summed E-state index contributed by atoms with van der Waals surface area (Å²) in [7, 11) is 0. The van der Waals surface area contributed by atoms with E-state index in [1.165, 1.54) is 17.7 Å². The minimum Gasteiger partial charge on any atom is -0.364 e. The van der Waals surface area contributed by atoms with Crippen LogP contribution < -0.4 is 5.32 Å². The second kappa shape index (κ2) is 6.14. The van der Waals surface area contributed by atoms with Crippen molar-refractivity contribution >= 4 is 46.0 Å². The highest BCUT2D eigenvalue weighted by Gasteiger charge is 2.20. The van der Waals surface area contributed by atoms with Gasteiger partial charge in [0.2, 0.25) is 11.0 Å². The van der Waals surface area contributed by atoms with Gasteiger partial charge in [-0.25, -0.2) is 9.97 Å². The first-order chi connectivity index (χ1) is 9.08. The molecule has 0 unspecified atom stereocenters. The van der Waals surface area contributed by atoms with Crippen LogP contribution in [0.15, 0.2) is 18.5 Å². The molecule has 0 saturated heterocycles. The van der Waals surface area contributed by atoms with Crippen molar-refractivity contribution in [3.8, 4) is 0 Å². The number of aromatic nitrogens is 2. The Balaban J connectivity index is 2.03. The van der Waals surface area contributed by atoms with Gasteiger partial charge in [0.1, 0.15) is 6.33 Å². The van der Waals surface area contributed by atoms with Crippen LogP contribution in [0, 0.1) is 10.1 Å². The summed E-state index contributed by atoms with van der Waals surface area (Å²) in [5, 5.41) is 13.6. The number of hydrogen-bond donors (Lipinski definition) is 1. The summed E-state index contributed by atoms with van der Waals surface area (Å²) in [6, 6.07) is 3.72. The van der Waals surface area contributed by atoms with Gasteiger partial charge in [-0.15, -0.1) is 11.3 Å². The zero-order chi connectivity index (χ0) is 13.8. The van der Waals surface area contributed by atoms with Crippen LogP contribution in [0.1, 0.15) is 4.88 Å². The Hall–Kier alpha value is -1.44. The average Bonchev–Trinajstić information content (AvgIpc) is 2.74. The van der Waals surface area contributed by atoms with Gasteiger partial charge in [0, 0.05) is 11.4 Å². The predicted molar refractivity (Wildman–Crippen MR) is 75.2 cm³/mol. The summed E-state index contributed by atoms with van der Waals surface area (Å²) in [4.78, 5) is 18.8. The van der Waals surface area contributed by atoms with E-state index < -0.39 is 4.92 Å². The fraction of sp³-hybridized carbons (Fsp3) is 0.200. The second-order valence-corrected chi connectivity index (χ2v) is 5.66. The molecule has 9 heteroatoms. The smallest absolute Gasteiger partial charge is 0.348 e. The third-order valence-electron chi connectivity index (χ3n) is 2.25. The van der Waals surface area contributed by atoms with Crippen LogP contribution in [0.2, 0.25) is 9.49 Å². The summed E-state index contributed by atoms with van der Waals surface area (Å²) in [6.45, 7) is 0.491. The molecular formula is C10H8Cl2N4O2S. The van der Waals surface area contributed by atoms with Crippen molar-refractivity contribution in [3.05, 3.63) is 42.9 Å². The Morgan fingerprint density at radius 3 is 2.79 bits per heavy atom. The van der Waals surface area contributed by atoms with Gasteiger partial charge in [-0.1, -0.05) is 23.2 Å². The molecule has 0 aliphatic carbocycles. The van der Waals surface area contributed by atoms with E-state index in [1.807, 2.05) is 12.1 Å². The number of hydrogen-bond acceptors (Lipinski definition) is 6. The van der Waals surface area contributed by atoms with Crippen molar-refractivity contribution in [2.45, 2.75) is 6.42 Å². The molecule has 19 heavy (non-hydrogen) atoms. The minimum atomic E-state index is -0.604. The van der Waals surface area contributed by atoms with Crippen molar-refractivity contribution in [3.63, 3.8) is 0 Å². The first kappa shape index (κ1) is 14.0. The Morgan fingerprint density at radius 1 is 1.37 bits per heavy atom. The zero-order valence-electron chi connectivity index (χ0n) is 9.47. The molecule has 0 aliphatic rings. The molecule has 0 aliphatic heterocycles. The van der Waals surface area contributed by atoms with Crippen LogP contribution >= 0.6 is 34.5 Å². The Kier molecular flexibility index (Phi) is 4.52. The van der Waals surface area contributed by atoms with Crippen molar-refractivity contribution in [1.29, 1.82) is 0 Å². The number of thiophene rings is 1. The predicted octanol–water partition coefficient (Wildman–Crippen LogP) is 3.41. The zero-order valence-corrected chi connectivity index (χ0v) is 11.8. The molecule has 100 valence electrons. The van der Waals surface area contributed by atoms with Gasteiger partial charge in [-0.05, 0) is 18.6 Å². The normalized spacial score (nSPS) is 10.4. The molecule has 6 nitrogen and oxygen atoms in total. The minimum absolute atomic E-state index is 0.118. The van der Waals surface area contributed by atoms with Crippen LogP contribution in [0.3, 0.4) is 0 Å². The molecular weight excluding hydrogens is 311 g/mol. The SMILES string of the molecule is O=[N+]([O-])c1c(Cl)ncnc1NCCc1ccc(Cl)s1. The first-order valence-electron chi connectivity index (χ1n) is 5.21. The Bertz CT molecular complexity index is 605. The largest absolute Gasteiger partial charge is 0.364 e. The quantitative estimate of drug-likeness (QED) is 0.519. The second-order valence-electron chi connectivity index (χ2n) is 3.50. The molecule has 0 saturated carbocycles. The maximum Gasteiger partial charge on any atom is 0.348 e. The molecule has 2 heterocycles. The van der Waals surface area contributed by atoms with Crippen molar-refractivity contribution in [1.82, 2.24) is 9.97 Å². The van der Waals surface area contributed by atoms with E-state index in [4.69, 9.17) is 23.2 Å². The molecule has 2 rings (SSSR count). The third kappa shape index (κ3) is 3.52. The highest BCUT2D eigenvalue weighted by Crippen LogP contribution is 2.28. The number of nitrogens with zero attached hydrogens (tertiary/aromatic N) is 3. The van der Waals surface area contributed by atoms with Gasteiger partial charge >= 0.3 is 5.69 Å². The van der Waals surface area contributed by atoms with Crippen molar-refractivity contribution < 1.29 is 4.92 Å². The maximum atomic E-state index is 10.9. The lowest BCUT2D eigenvalue weighted by Crippen LogP contribution is -2.08. The summed E-state index contributed by atoms with van der Waals surface area (Å²) >= 11 is 13.0. The van der Waals surface area contributed by atoms with E-state index in [-0.39, 0.29) is 16.7 Å². The molecule has 2 aromatic heterocycles. The van der Waals surface area contributed by atoms with E-state index in [9.17, 15) is 10.1 Å². The summed E-state index contributed by atoms with van der Waals surface area (Å²) in [5.41, 5.74) is -0.312. The van der Waals surface area contributed by atoms with Crippen LogP contribution in [0.25, 0.3) is 0 Å². The van der Waals surface area contributed by atoms with E-state index in [0.29, 0.717) is 17.3 Å². The summed E-state index contributed by atoms with van der Waals surface area (Å²) < 4.78 is 0.714.